The molecule has 2 aliphatic rings. The number of rotatable bonds is 3. The second-order valence-corrected chi connectivity index (χ2v) is 6.42. The maximum atomic E-state index is 11.9. The standard InChI is InChI=1S/C9H18N2O3S/c10-7-4-8(5-7)11-15(12,13)9-2-1-3-14-6-9/h7-9,11H,1-6,10H2. The van der Waals surface area contributed by atoms with E-state index in [0.29, 0.717) is 19.6 Å². The number of sulfonamides is 1. The Morgan fingerprint density at radius 1 is 1.33 bits per heavy atom. The summed E-state index contributed by atoms with van der Waals surface area (Å²) in [5.41, 5.74) is 5.61. The summed E-state index contributed by atoms with van der Waals surface area (Å²) in [6.07, 6.45) is 3.05. The van der Waals surface area contributed by atoms with Gasteiger partial charge in [0.25, 0.3) is 0 Å². The van der Waals surface area contributed by atoms with Gasteiger partial charge in [-0.2, -0.15) is 0 Å². The van der Waals surface area contributed by atoms with Crippen molar-refractivity contribution in [2.24, 2.45) is 5.73 Å². The highest BCUT2D eigenvalue weighted by molar-refractivity contribution is 7.90. The lowest BCUT2D eigenvalue weighted by Gasteiger charge is -2.34. The van der Waals surface area contributed by atoms with Gasteiger partial charge in [0.1, 0.15) is 0 Å². The third kappa shape index (κ3) is 2.69. The summed E-state index contributed by atoms with van der Waals surface area (Å²) in [6.45, 7) is 1.01. The number of nitrogens with one attached hydrogen (secondary N) is 1. The SMILES string of the molecule is NC1CC(NS(=O)(=O)C2CCCOC2)C1. The van der Waals surface area contributed by atoms with Gasteiger partial charge in [-0.25, -0.2) is 13.1 Å². The van der Waals surface area contributed by atoms with Crippen molar-refractivity contribution in [3.63, 3.8) is 0 Å². The minimum atomic E-state index is -3.20. The minimum Gasteiger partial charge on any atom is -0.380 e. The molecule has 6 heteroatoms. The van der Waals surface area contributed by atoms with E-state index >= 15 is 0 Å². The van der Waals surface area contributed by atoms with Crippen LogP contribution in [0, 0.1) is 0 Å². The van der Waals surface area contributed by atoms with Gasteiger partial charge in [0.05, 0.1) is 11.9 Å². The second kappa shape index (κ2) is 4.37. The first-order chi connectivity index (χ1) is 7.08. The lowest BCUT2D eigenvalue weighted by Crippen LogP contribution is -2.53. The van der Waals surface area contributed by atoms with Crippen LogP contribution < -0.4 is 10.5 Å². The van der Waals surface area contributed by atoms with Crippen LogP contribution >= 0.6 is 0 Å². The van der Waals surface area contributed by atoms with E-state index in [1.165, 1.54) is 0 Å². The number of hydrogen-bond donors (Lipinski definition) is 2. The number of hydrogen-bond acceptors (Lipinski definition) is 4. The maximum Gasteiger partial charge on any atom is 0.217 e. The van der Waals surface area contributed by atoms with Gasteiger partial charge < -0.3 is 10.5 Å². The molecule has 0 amide bonds. The van der Waals surface area contributed by atoms with Crippen molar-refractivity contribution in [3.8, 4) is 0 Å². The average molecular weight is 234 g/mol. The van der Waals surface area contributed by atoms with Gasteiger partial charge in [0.15, 0.2) is 0 Å². The van der Waals surface area contributed by atoms with E-state index < -0.39 is 10.0 Å². The first-order valence-electron chi connectivity index (χ1n) is 5.42. The second-order valence-electron chi connectivity index (χ2n) is 4.43. The van der Waals surface area contributed by atoms with Crippen LogP contribution in [-0.2, 0) is 14.8 Å². The quantitative estimate of drug-likeness (QED) is 0.694. The summed E-state index contributed by atoms with van der Waals surface area (Å²) in [5.74, 6) is 0. The topological polar surface area (TPSA) is 81.4 Å². The van der Waals surface area contributed by atoms with E-state index in [2.05, 4.69) is 4.72 Å². The molecule has 0 spiro atoms. The summed E-state index contributed by atoms with van der Waals surface area (Å²) < 4.78 is 31.6. The first-order valence-corrected chi connectivity index (χ1v) is 6.97. The predicted molar refractivity (Wildman–Crippen MR) is 56.9 cm³/mol. The molecule has 0 radical (unpaired) electrons. The largest absolute Gasteiger partial charge is 0.380 e. The summed E-state index contributed by atoms with van der Waals surface area (Å²) in [7, 11) is -3.20. The normalized spacial score (nSPS) is 37.3. The lowest BCUT2D eigenvalue weighted by atomic mass is 9.89. The molecular formula is C9H18N2O3S. The monoisotopic (exact) mass is 234 g/mol. The van der Waals surface area contributed by atoms with E-state index in [4.69, 9.17) is 10.5 Å². The first kappa shape index (κ1) is 11.3. The van der Waals surface area contributed by atoms with Crippen molar-refractivity contribution in [1.82, 2.24) is 4.72 Å². The molecule has 15 heavy (non-hydrogen) atoms. The molecule has 1 aliphatic heterocycles. The van der Waals surface area contributed by atoms with Crippen LogP contribution in [0.1, 0.15) is 25.7 Å². The fourth-order valence-corrected chi connectivity index (χ4v) is 3.64. The summed E-state index contributed by atoms with van der Waals surface area (Å²) >= 11 is 0. The van der Waals surface area contributed by atoms with Crippen molar-refractivity contribution in [2.75, 3.05) is 13.2 Å². The lowest BCUT2D eigenvalue weighted by molar-refractivity contribution is 0.0985. The molecule has 1 aliphatic carbocycles. The van der Waals surface area contributed by atoms with E-state index in [0.717, 1.165) is 19.3 Å². The summed E-state index contributed by atoms with van der Waals surface area (Å²) in [6, 6.07) is 0.215. The zero-order chi connectivity index (χ0) is 10.9. The fourth-order valence-electron chi connectivity index (χ4n) is 2.04. The Morgan fingerprint density at radius 2 is 2.07 bits per heavy atom. The molecule has 1 saturated carbocycles. The zero-order valence-electron chi connectivity index (χ0n) is 8.69. The Morgan fingerprint density at radius 3 is 2.60 bits per heavy atom. The van der Waals surface area contributed by atoms with Crippen molar-refractivity contribution in [1.29, 1.82) is 0 Å². The maximum absolute atomic E-state index is 11.9. The minimum absolute atomic E-state index is 0.0481. The molecule has 2 rings (SSSR count). The van der Waals surface area contributed by atoms with Crippen molar-refractivity contribution in [2.45, 2.75) is 43.0 Å². The van der Waals surface area contributed by atoms with Crippen LogP contribution in [-0.4, -0.2) is 39.0 Å². The summed E-state index contributed by atoms with van der Waals surface area (Å²) in [4.78, 5) is 0. The van der Waals surface area contributed by atoms with Crippen LogP contribution in [0.25, 0.3) is 0 Å². The molecule has 1 saturated heterocycles. The van der Waals surface area contributed by atoms with Gasteiger partial charge in [-0.1, -0.05) is 0 Å². The highest BCUT2D eigenvalue weighted by atomic mass is 32.2. The molecule has 0 aromatic heterocycles. The smallest absolute Gasteiger partial charge is 0.217 e. The molecule has 0 aromatic rings. The van der Waals surface area contributed by atoms with E-state index in [-0.39, 0.29) is 17.3 Å². The van der Waals surface area contributed by atoms with Gasteiger partial charge in [0, 0.05) is 18.7 Å². The Labute approximate surface area is 90.4 Å². The van der Waals surface area contributed by atoms with Crippen LogP contribution in [0.5, 0.6) is 0 Å². The van der Waals surface area contributed by atoms with Crippen LogP contribution in [0.15, 0.2) is 0 Å². The number of ether oxygens (including phenoxy) is 1. The van der Waals surface area contributed by atoms with E-state index in [1.54, 1.807) is 0 Å². The molecule has 0 bridgehead atoms. The third-order valence-corrected chi connectivity index (χ3v) is 4.97. The molecule has 0 aromatic carbocycles. The van der Waals surface area contributed by atoms with E-state index in [9.17, 15) is 8.42 Å². The molecule has 5 nitrogen and oxygen atoms in total. The molecule has 88 valence electrons. The van der Waals surface area contributed by atoms with Gasteiger partial charge in [-0.3, -0.25) is 0 Å². The Hall–Kier alpha value is -0.170. The van der Waals surface area contributed by atoms with E-state index in [1.807, 2.05) is 0 Å². The highest BCUT2D eigenvalue weighted by Gasteiger charge is 2.34. The van der Waals surface area contributed by atoms with Crippen LogP contribution in [0.4, 0.5) is 0 Å². The van der Waals surface area contributed by atoms with Gasteiger partial charge in [0.2, 0.25) is 10.0 Å². The van der Waals surface area contributed by atoms with Gasteiger partial charge >= 0.3 is 0 Å². The zero-order valence-corrected chi connectivity index (χ0v) is 9.50. The summed E-state index contributed by atoms with van der Waals surface area (Å²) in [5, 5.41) is -0.372. The molecule has 1 unspecified atom stereocenters. The molecule has 3 N–H and O–H groups in total. The van der Waals surface area contributed by atoms with Gasteiger partial charge in [-0.05, 0) is 25.7 Å². The number of nitrogens with two attached hydrogens (primary N) is 1. The van der Waals surface area contributed by atoms with Gasteiger partial charge in [-0.15, -0.1) is 0 Å². The van der Waals surface area contributed by atoms with Crippen molar-refractivity contribution >= 4 is 10.0 Å². The molecular weight excluding hydrogens is 216 g/mol. The Bertz CT molecular complexity index is 305. The molecule has 2 fully saturated rings. The van der Waals surface area contributed by atoms with Crippen molar-refractivity contribution in [3.05, 3.63) is 0 Å². The van der Waals surface area contributed by atoms with Crippen LogP contribution in [0.3, 0.4) is 0 Å². The molecule has 1 heterocycles. The Kier molecular flexibility index (Phi) is 3.30. The Balaban J connectivity index is 1.88. The highest BCUT2D eigenvalue weighted by Crippen LogP contribution is 2.21. The average Bonchev–Trinajstić information content (AvgIpc) is 2.17. The fraction of sp³-hybridized carbons (Fsp3) is 1.00. The van der Waals surface area contributed by atoms with Crippen molar-refractivity contribution < 1.29 is 13.2 Å². The third-order valence-electron chi connectivity index (χ3n) is 3.06. The van der Waals surface area contributed by atoms with Crippen LogP contribution in [0.2, 0.25) is 0 Å². The predicted octanol–water partition coefficient (Wildman–Crippen LogP) is -0.425. The molecule has 1 atom stereocenters.